The molecule has 2 aromatic rings. The van der Waals surface area contributed by atoms with Gasteiger partial charge in [0.1, 0.15) is 5.69 Å². The summed E-state index contributed by atoms with van der Waals surface area (Å²) in [5.74, 6) is 1.26. The molecule has 0 aliphatic heterocycles. The van der Waals surface area contributed by atoms with Gasteiger partial charge in [0.05, 0.1) is 0 Å². The molecule has 2 N–H and O–H groups in total. The molecule has 0 saturated carbocycles. The summed E-state index contributed by atoms with van der Waals surface area (Å²) in [4.78, 5) is 13.5. The maximum atomic E-state index is 5.74. The van der Waals surface area contributed by atoms with Gasteiger partial charge in [-0.15, -0.1) is 0 Å². The number of pyridine rings is 1. The van der Waals surface area contributed by atoms with Crippen LogP contribution in [-0.4, -0.2) is 21.5 Å². The van der Waals surface area contributed by atoms with Gasteiger partial charge in [-0.1, -0.05) is 0 Å². The molecule has 0 bridgehead atoms. The van der Waals surface area contributed by atoms with Gasteiger partial charge < -0.3 is 5.73 Å². The molecule has 3 rings (SSSR count). The van der Waals surface area contributed by atoms with Crippen molar-refractivity contribution in [3.63, 3.8) is 0 Å². The molecule has 98 valence electrons. The van der Waals surface area contributed by atoms with Crippen molar-refractivity contribution >= 4 is 15.9 Å². The van der Waals surface area contributed by atoms with E-state index in [2.05, 4.69) is 30.9 Å². The van der Waals surface area contributed by atoms with Crippen LogP contribution in [0, 0.1) is 5.92 Å². The zero-order chi connectivity index (χ0) is 13.2. The number of nitrogens with zero attached hydrogens (tertiary/aromatic N) is 3. The summed E-state index contributed by atoms with van der Waals surface area (Å²) in [6.45, 7) is 0.743. The Labute approximate surface area is 120 Å². The Morgan fingerprint density at radius 1 is 1.37 bits per heavy atom. The molecule has 1 aliphatic carbocycles. The molecule has 19 heavy (non-hydrogen) atoms. The zero-order valence-corrected chi connectivity index (χ0v) is 12.1. The van der Waals surface area contributed by atoms with E-state index in [0.29, 0.717) is 11.7 Å². The fraction of sp³-hybridized carbons (Fsp3) is 0.357. The molecule has 0 amide bonds. The highest BCUT2D eigenvalue weighted by Crippen LogP contribution is 2.27. The van der Waals surface area contributed by atoms with Crippen LogP contribution in [0.4, 0.5) is 0 Å². The van der Waals surface area contributed by atoms with E-state index >= 15 is 0 Å². The molecule has 2 heterocycles. The summed E-state index contributed by atoms with van der Waals surface area (Å²) >= 11 is 3.49. The molecule has 1 aliphatic rings. The minimum atomic E-state index is 0.573. The molecule has 2 aromatic heterocycles. The van der Waals surface area contributed by atoms with Crippen molar-refractivity contribution in [3.05, 3.63) is 40.3 Å². The van der Waals surface area contributed by atoms with Crippen molar-refractivity contribution in [1.29, 1.82) is 0 Å². The van der Waals surface area contributed by atoms with Gasteiger partial charge in [-0.05, 0) is 65.4 Å². The maximum Gasteiger partial charge on any atom is 0.179 e. The summed E-state index contributed by atoms with van der Waals surface area (Å²) in [6.07, 6.45) is 6.78. The maximum absolute atomic E-state index is 5.74. The summed E-state index contributed by atoms with van der Waals surface area (Å²) in [5, 5.41) is 0. The lowest BCUT2D eigenvalue weighted by Gasteiger charge is -2.22. The van der Waals surface area contributed by atoms with Gasteiger partial charge in [-0.3, -0.25) is 4.98 Å². The standard InChI is InChI=1S/C14H15BrN4/c15-11-2-1-5-17-13(11)14-18-8-10-6-9(7-16)3-4-12(10)19-14/h1-2,5,8-9H,3-4,6-7,16H2. The van der Waals surface area contributed by atoms with Gasteiger partial charge >= 0.3 is 0 Å². The predicted octanol–water partition coefficient (Wildman–Crippen LogP) is 2.36. The van der Waals surface area contributed by atoms with Crippen molar-refractivity contribution in [2.75, 3.05) is 6.54 Å². The number of rotatable bonds is 2. The van der Waals surface area contributed by atoms with Crippen molar-refractivity contribution < 1.29 is 0 Å². The number of aromatic nitrogens is 3. The molecule has 4 nitrogen and oxygen atoms in total. The van der Waals surface area contributed by atoms with Crippen LogP contribution in [0.1, 0.15) is 17.7 Å². The Hall–Kier alpha value is -1.33. The summed E-state index contributed by atoms with van der Waals surface area (Å²) in [7, 11) is 0. The van der Waals surface area contributed by atoms with E-state index in [-0.39, 0.29) is 0 Å². The monoisotopic (exact) mass is 318 g/mol. The molecule has 1 atom stereocenters. The first kappa shape index (κ1) is 12.7. The number of hydrogen-bond acceptors (Lipinski definition) is 4. The molecule has 1 unspecified atom stereocenters. The lowest BCUT2D eigenvalue weighted by atomic mass is 9.87. The fourth-order valence-electron chi connectivity index (χ4n) is 2.45. The summed E-state index contributed by atoms with van der Waals surface area (Å²) in [5.41, 5.74) is 8.92. The highest BCUT2D eigenvalue weighted by Gasteiger charge is 2.20. The van der Waals surface area contributed by atoms with Crippen molar-refractivity contribution in [2.45, 2.75) is 19.3 Å². The molecule has 0 fully saturated rings. The highest BCUT2D eigenvalue weighted by molar-refractivity contribution is 9.10. The van der Waals surface area contributed by atoms with Crippen molar-refractivity contribution in [2.24, 2.45) is 11.7 Å². The van der Waals surface area contributed by atoms with Crippen LogP contribution in [0.25, 0.3) is 11.5 Å². The number of hydrogen-bond donors (Lipinski definition) is 1. The SMILES string of the molecule is NCC1CCc2nc(-c3ncccc3Br)ncc2C1. The molecular formula is C14H15BrN4. The van der Waals surface area contributed by atoms with E-state index in [9.17, 15) is 0 Å². The second-order valence-corrected chi connectivity index (χ2v) is 5.70. The Morgan fingerprint density at radius 3 is 3.05 bits per heavy atom. The average molecular weight is 319 g/mol. The molecule has 5 heteroatoms. The summed E-state index contributed by atoms with van der Waals surface area (Å²) in [6, 6.07) is 3.84. The number of halogens is 1. The quantitative estimate of drug-likeness (QED) is 0.923. The molecule has 0 spiro atoms. The van der Waals surface area contributed by atoms with Crippen molar-refractivity contribution in [3.8, 4) is 11.5 Å². The first-order valence-corrected chi connectivity index (χ1v) is 7.23. The van der Waals surface area contributed by atoms with Gasteiger partial charge in [0, 0.05) is 22.6 Å². The number of fused-ring (bicyclic) bond motifs is 1. The van der Waals surface area contributed by atoms with E-state index in [1.165, 1.54) is 5.56 Å². The Morgan fingerprint density at radius 2 is 2.26 bits per heavy atom. The normalized spacial score (nSPS) is 18.1. The van der Waals surface area contributed by atoms with E-state index in [1.54, 1.807) is 6.20 Å². The van der Waals surface area contributed by atoms with Crippen LogP contribution in [0.5, 0.6) is 0 Å². The second-order valence-electron chi connectivity index (χ2n) is 4.84. The van der Waals surface area contributed by atoms with Crippen LogP contribution in [0.3, 0.4) is 0 Å². The first-order valence-electron chi connectivity index (χ1n) is 6.43. The average Bonchev–Trinajstić information content (AvgIpc) is 2.46. The third-order valence-electron chi connectivity index (χ3n) is 3.56. The van der Waals surface area contributed by atoms with Gasteiger partial charge in [0.15, 0.2) is 5.82 Å². The topological polar surface area (TPSA) is 64.7 Å². The van der Waals surface area contributed by atoms with E-state index in [4.69, 9.17) is 5.73 Å². The third kappa shape index (κ3) is 2.53. The molecule has 0 saturated heterocycles. The fourth-order valence-corrected chi connectivity index (χ4v) is 2.88. The van der Waals surface area contributed by atoms with E-state index in [0.717, 1.165) is 41.7 Å². The summed E-state index contributed by atoms with van der Waals surface area (Å²) < 4.78 is 0.922. The Bertz CT molecular complexity index is 600. The number of nitrogens with two attached hydrogens (primary N) is 1. The lowest BCUT2D eigenvalue weighted by Crippen LogP contribution is -2.23. The Kier molecular flexibility index (Phi) is 3.57. The van der Waals surface area contributed by atoms with Gasteiger partial charge in [-0.25, -0.2) is 9.97 Å². The van der Waals surface area contributed by atoms with E-state index in [1.807, 2.05) is 18.3 Å². The third-order valence-corrected chi connectivity index (χ3v) is 4.20. The molecule has 0 aromatic carbocycles. The van der Waals surface area contributed by atoms with Gasteiger partial charge in [0.2, 0.25) is 0 Å². The predicted molar refractivity (Wildman–Crippen MR) is 77.5 cm³/mol. The van der Waals surface area contributed by atoms with Crippen LogP contribution >= 0.6 is 15.9 Å². The smallest absolute Gasteiger partial charge is 0.179 e. The highest BCUT2D eigenvalue weighted by atomic mass is 79.9. The first-order chi connectivity index (χ1) is 9.28. The van der Waals surface area contributed by atoms with Crippen LogP contribution in [-0.2, 0) is 12.8 Å². The number of aryl methyl sites for hydroxylation is 1. The molecule has 0 radical (unpaired) electrons. The van der Waals surface area contributed by atoms with Gasteiger partial charge in [-0.2, -0.15) is 0 Å². The molecular weight excluding hydrogens is 304 g/mol. The second kappa shape index (κ2) is 5.35. The lowest BCUT2D eigenvalue weighted by molar-refractivity contribution is 0.462. The van der Waals surface area contributed by atoms with Crippen LogP contribution < -0.4 is 5.73 Å². The Balaban J connectivity index is 1.97. The van der Waals surface area contributed by atoms with Crippen molar-refractivity contribution in [1.82, 2.24) is 15.0 Å². The minimum absolute atomic E-state index is 0.573. The van der Waals surface area contributed by atoms with E-state index < -0.39 is 0 Å². The minimum Gasteiger partial charge on any atom is -0.330 e. The van der Waals surface area contributed by atoms with Gasteiger partial charge in [0.25, 0.3) is 0 Å². The van der Waals surface area contributed by atoms with Crippen LogP contribution in [0.2, 0.25) is 0 Å². The van der Waals surface area contributed by atoms with Crippen LogP contribution in [0.15, 0.2) is 29.0 Å². The largest absolute Gasteiger partial charge is 0.330 e. The zero-order valence-electron chi connectivity index (χ0n) is 10.5.